The van der Waals surface area contributed by atoms with E-state index in [1.54, 1.807) is 0 Å². The standard InChI is InChI=1S/C10H13F3N2OS/c1-16-5-7-8(4-14-6-2-3-6)17-9(15-7)10(11,12)13/h6,14H,2-5H2,1H3. The first-order valence-corrected chi connectivity index (χ1v) is 6.10. The van der Waals surface area contributed by atoms with Gasteiger partial charge in [0.05, 0.1) is 12.3 Å². The molecule has 7 heteroatoms. The highest BCUT2D eigenvalue weighted by molar-refractivity contribution is 7.11. The third kappa shape index (κ3) is 3.40. The Bertz CT molecular complexity index is 387. The van der Waals surface area contributed by atoms with Crippen molar-refractivity contribution < 1.29 is 17.9 Å². The summed E-state index contributed by atoms with van der Waals surface area (Å²) < 4.78 is 42.4. The minimum absolute atomic E-state index is 0.119. The number of nitrogens with one attached hydrogen (secondary N) is 1. The van der Waals surface area contributed by atoms with Gasteiger partial charge < -0.3 is 10.1 Å². The van der Waals surface area contributed by atoms with Crippen LogP contribution in [-0.4, -0.2) is 18.1 Å². The van der Waals surface area contributed by atoms with E-state index in [1.165, 1.54) is 7.11 Å². The zero-order chi connectivity index (χ0) is 12.5. The molecule has 1 aromatic rings. The number of ether oxygens (including phenoxy) is 1. The molecular formula is C10H13F3N2OS. The lowest BCUT2D eigenvalue weighted by molar-refractivity contribution is -0.137. The van der Waals surface area contributed by atoms with Gasteiger partial charge in [-0.3, -0.25) is 0 Å². The van der Waals surface area contributed by atoms with Gasteiger partial charge in [-0.05, 0) is 12.8 Å². The lowest BCUT2D eigenvalue weighted by Gasteiger charge is -2.02. The molecule has 1 aliphatic carbocycles. The van der Waals surface area contributed by atoms with Crippen LogP contribution in [0.5, 0.6) is 0 Å². The second-order valence-corrected chi connectivity index (χ2v) is 5.06. The summed E-state index contributed by atoms with van der Waals surface area (Å²) in [5.74, 6) is 0. The van der Waals surface area contributed by atoms with Crippen LogP contribution in [0.4, 0.5) is 13.2 Å². The predicted octanol–water partition coefficient (Wildman–Crippen LogP) is 2.56. The molecule has 2 rings (SSSR count). The molecule has 3 nitrogen and oxygen atoms in total. The molecule has 0 spiro atoms. The van der Waals surface area contributed by atoms with Crippen LogP contribution >= 0.6 is 11.3 Å². The first kappa shape index (κ1) is 12.8. The molecule has 0 amide bonds. The van der Waals surface area contributed by atoms with Crippen LogP contribution in [0.2, 0.25) is 0 Å². The van der Waals surface area contributed by atoms with E-state index in [1.807, 2.05) is 0 Å². The Labute approximate surface area is 101 Å². The van der Waals surface area contributed by atoms with Crippen molar-refractivity contribution in [3.05, 3.63) is 15.6 Å². The smallest absolute Gasteiger partial charge is 0.378 e. The molecule has 1 N–H and O–H groups in total. The van der Waals surface area contributed by atoms with Crippen LogP contribution in [0.1, 0.15) is 28.4 Å². The molecule has 0 aliphatic heterocycles. The number of nitrogens with zero attached hydrogens (tertiary/aromatic N) is 1. The third-order valence-electron chi connectivity index (χ3n) is 2.43. The molecule has 0 unspecified atom stereocenters. The van der Waals surface area contributed by atoms with Crippen molar-refractivity contribution in [2.75, 3.05) is 7.11 Å². The fourth-order valence-corrected chi connectivity index (χ4v) is 2.30. The van der Waals surface area contributed by atoms with E-state index >= 15 is 0 Å². The fourth-order valence-electron chi connectivity index (χ4n) is 1.42. The number of thiazole rings is 1. The second kappa shape index (κ2) is 4.91. The molecule has 1 saturated carbocycles. The van der Waals surface area contributed by atoms with Crippen molar-refractivity contribution >= 4 is 11.3 Å². The normalized spacial score (nSPS) is 16.5. The maximum atomic E-state index is 12.5. The summed E-state index contributed by atoms with van der Waals surface area (Å²) in [6.07, 6.45) is -2.17. The lowest BCUT2D eigenvalue weighted by Crippen LogP contribution is -2.15. The van der Waals surface area contributed by atoms with Gasteiger partial charge in [0.15, 0.2) is 5.01 Å². The summed E-state index contributed by atoms with van der Waals surface area (Å²) in [6.45, 7) is 0.561. The topological polar surface area (TPSA) is 34.1 Å². The van der Waals surface area contributed by atoms with Gasteiger partial charge in [0.1, 0.15) is 0 Å². The summed E-state index contributed by atoms with van der Waals surface area (Å²) in [4.78, 5) is 4.21. The highest BCUT2D eigenvalue weighted by atomic mass is 32.1. The minimum Gasteiger partial charge on any atom is -0.378 e. The molecular weight excluding hydrogens is 253 g/mol. The number of hydrogen-bond acceptors (Lipinski definition) is 4. The third-order valence-corrected chi connectivity index (χ3v) is 3.57. The Morgan fingerprint density at radius 2 is 2.18 bits per heavy atom. The molecule has 1 fully saturated rings. The molecule has 96 valence electrons. The van der Waals surface area contributed by atoms with E-state index in [4.69, 9.17) is 4.74 Å². The molecule has 0 atom stereocenters. The van der Waals surface area contributed by atoms with Gasteiger partial charge in [0.25, 0.3) is 0 Å². The van der Waals surface area contributed by atoms with Gasteiger partial charge in [-0.25, -0.2) is 4.98 Å². The number of aromatic nitrogens is 1. The zero-order valence-corrected chi connectivity index (χ0v) is 10.1. The lowest BCUT2D eigenvalue weighted by atomic mass is 10.3. The minimum atomic E-state index is -4.37. The van der Waals surface area contributed by atoms with Gasteiger partial charge in [-0.15, -0.1) is 11.3 Å². The van der Waals surface area contributed by atoms with Crippen molar-refractivity contribution in [1.29, 1.82) is 0 Å². The molecule has 1 heterocycles. The quantitative estimate of drug-likeness (QED) is 0.889. The molecule has 0 radical (unpaired) electrons. The number of rotatable bonds is 5. The van der Waals surface area contributed by atoms with Gasteiger partial charge in [0.2, 0.25) is 0 Å². The Morgan fingerprint density at radius 3 is 2.71 bits per heavy atom. The fraction of sp³-hybridized carbons (Fsp3) is 0.700. The van der Waals surface area contributed by atoms with Crippen molar-refractivity contribution in [3.8, 4) is 0 Å². The van der Waals surface area contributed by atoms with E-state index in [0.717, 1.165) is 12.8 Å². The van der Waals surface area contributed by atoms with Gasteiger partial charge in [-0.2, -0.15) is 13.2 Å². The van der Waals surface area contributed by atoms with E-state index in [2.05, 4.69) is 10.3 Å². The average molecular weight is 266 g/mol. The second-order valence-electron chi connectivity index (χ2n) is 3.97. The number of alkyl halides is 3. The Hall–Kier alpha value is -0.660. The summed E-state index contributed by atoms with van der Waals surface area (Å²) in [7, 11) is 1.45. The van der Waals surface area contributed by atoms with Crippen molar-refractivity contribution in [2.45, 2.75) is 38.2 Å². The maximum absolute atomic E-state index is 12.5. The summed E-state index contributed by atoms with van der Waals surface area (Å²) in [6, 6.07) is 0.460. The summed E-state index contributed by atoms with van der Waals surface area (Å²) in [5, 5.41) is 2.39. The average Bonchev–Trinajstić information content (AvgIpc) is 2.97. The highest BCUT2D eigenvalue weighted by Gasteiger charge is 2.36. The monoisotopic (exact) mass is 266 g/mol. The van der Waals surface area contributed by atoms with Crippen molar-refractivity contribution in [2.24, 2.45) is 0 Å². The van der Waals surface area contributed by atoms with Gasteiger partial charge >= 0.3 is 6.18 Å². The molecule has 1 aliphatic rings. The molecule has 0 saturated heterocycles. The van der Waals surface area contributed by atoms with Crippen LogP contribution in [0, 0.1) is 0 Å². The Balaban J connectivity index is 2.11. The summed E-state index contributed by atoms with van der Waals surface area (Å²) in [5.41, 5.74) is 0.387. The predicted molar refractivity (Wildman–Crippen MR) is 57.7 cm³/mol. The first-order chi connectivity index (χ1) is 8.00. The van der Waals surface area contributed by atoms with E-state index in [9.17, 15) is 13.2 Å². The van der Waals surface area contributed by atoms with Crippen molar-refractivity contribution in [1.82, 2.24) is 10.3 Å². The van der Waals surface area contributed by atoms with E-state index in [-0.39, 0.29) is 6.61 Å². The number of halogens is 3. The van der Waals surface area contributed by atoms with Crippen LogP contribution in [0.3, 0.4) is 0 Å². The molecule has 17 heavy (non-hydrogen) atoms. The maximum Gasteiger partial charge on any atom is 0.443 e. The van der Waals surface area contributed by atoms with E-state index < -0.39 is 11.2 Å². The largest absolute Gasteiger partial charge is 0.443 e. The van der Waals surface area contributed by atoms with Crippen LogP contribution in [0.15, 0.2) is 0 Å². The van der Waals surface area contributed by atoms with Crippen LogP contribution in [0.25, 0.3) is 0 Å². The van der Waals surface area contributed by atoms with Gasteiger partial charge in [-0.1, -0.05) is 0 Å². The van der Waals surface area contributed by atoms with Crippen LogP contribution in [-0.2, 0) is 24.1 Å². The number of methoxy groups -OCH3 is 1. The van der Waals surface area contributed by atoms with Gasteiger partial charge in [0, 0.05) is 24.6 Å². The summed E-state index contributed by atoms with van der Waals surface area (Å²) >= 11 is 0.698. The van der Waals surface area contributed by atoms with E-state index in [0.29, 0.717) is 34.5 Å². The SMILES string of the molecule is COCc1nc(C(F)(F)F)sc1CNC1CC1. The zero-order valence-electron chi connectivity index (χ0n) is 9.30. The highest BCUT2D eigenvalue weighted by Crippen LogP contribution is 2.34. The number of hydrogen-bond donors (Lipinski definition) is 1. The Morgan fingerprint density at radius 1 is 1.47 bits per heavy atom. The van der Waals surface area contributed by atoms with Crippen LogP contribution < -0.4 is 5.32 Å². The molecule has 0 bridgehead atoms. The van der Waals surface area contributed by atoms with Crippen molar-refractivity contribution in [3.63, 3.8) is 0 Å². The Kier molecular flexibility index (Phi) is 3.70. The first-order valence-electron chi connectivity index (χ1n) is 5.29. The molecule has 0 aromatic carbocycles. The molecule has 1 aromatic heterocycles.